The van der Waals surface area contributed by atoms with Crippen LogP contribution < -0.4 is 0 Å². The van der Waals surface area contributed by atoms with E-state index in [4.69, 9.17) is 0 Å². The Morgan fingerprint density at radius 3 is 2.09 bits per heavy atom. The highest BCUT2D eigenvalue weighted by Crippen LogP contribution is 1.99. The molecule has 0 spiro atoms. The largest absolute Gasteiger partial charge is 0.305 e. The minimum atomic E-state index is 0. The number of rotatable bonds is 2. The quantitative estimate of drug-likeness (QED) is 0.649. The minimum Gasteiger partial charge on any atom is -0.305 e. The Morgan fingerprint density at radius 2 is 1.64 bits per heavy atom. The van der Waals surface area contributed by atoms with Gasteiger partial charge in [-0.1, -0.05) is 30.3 Å². The van der Waals surface area contributed by atoms with E-state index in [9.17, 15) is 0 Å². The molecule has 62 valence electrons. The van der Waals surface area contributed by atoms with Crippen LogP contribution in [-0.4, -0.2) is 19.0 Å². The second-order valence-corrected chi connectivity index (χ2v) is 2.72. The van der Waals surface area contributed by atoms with Gasteiger partial charge in [-0.2, -0.15) is 0 Å². The van der Waals surface area contributed by atoms with E-state index in [1.54, 1.807) is 0 Å². The third kappa shape index (κ3) is 4.02. The van der Waals surface area contributed by atoms with Crippen molar-refractivity contribution in [1.29, 1.82) is 0 Å². The van der Waals surface area contributed by atoms with Crippen molar-refractivity contribution in [1.82, 2.24) is 4.90 Å². The lowest BCUT2D eigenvalue weighted by Crippen LogP contribution is -2.10. The highest BCUT2D eigenvalue weighted by Gasteiger charge is 1.90. The fraction of sp³-hybridized carbons (Fsp3) is 0.333. The van der Waals surface area contributed by atoms with Crippen LogP contribution in [0.5, 0.6) is 0 Å². The van der Waals surface area contributed by atoms with E-state index in [0.29, 0.717) is 0 Å². The summed E-state index contributed by atoms with van der Waals surface area (Å²) in [6, 6.07) is 10.5. The maximum absolute atomic E-state index is 2.16. The average Bonchev–Trinajstić information content (AvgIpc) is 1.88. The summed E-state index contributed by atoms with van der Waals surface area (Å²) < 4.78 is 0. The first kappa shape index (κ1) is 10.5. The van der Waals surface area contributed by atoms with E-state index in [1.165, 1.54) is 5.56 Å². The molecule has 2 heteroatoms. The standard InChI is InChI=1S/C9H13N.ClH2/c1-10(2)8-9-6-4-3-5-7-9;/h3-7H,8H2,1-2H3;1H2/q;+1. The van der Waals surface area contributed by atoms with Crippen LogP contribution in [0.25, 0.3) is 0 Å². The number of nitrogens with zero attached hydrogens (tertiary/aromatic N) is 1. The fourth-order valence-corrected chi connectivity index (χ4v) is 0.949. The molecule has 1 aromatic carbocycles. The number of hydrogen-bond acceptors (Lipinski definition) is 1. The molecule has 0 N–H and O–H groups in total. The van der Waals surface area contributed by atoms with Crippen molar-refractivity contribution in [2.75, 3.05) is 14.1 Å². The monoisotopic (exact) mass is 172 g/mol. The van der Waals surface area contributed by atoms with Gasteiger partial charge in [0.05, 0.1) is 12.4 Å². The summed E-state index contributed by atoms with van der Waals surface area (Å²) >= 11 is 0. The van der Waals surface area contributed by atoms with E-state index in [-0.39, 0.29) is 12.4 Å². The Labute approximate surface area is 74.4 Å². The van der Waals surface area contributed by atoms with Gasteiger partial charge in [-0.05, 0) is 19.7 Å². The molecule has 0 saturated heterocycles. The van der Waals surface area contributed by atoms with Crippen LogP contribution in [0, 0.1) is 12.4 Å². The van der Waals surface area contributed by atoms with Gasteiger partial charge >= 0.3 is 0 Å². The van der Waals surface area contributed by atoms with Crippen molar-refractivity contribution in [3.8, 4) is 0 Å². The molecule has 11 heavy (non-hydrogen) atoms. The maximum Gasteiger partial charge on any atom is 0.0903 e. The van der Waals surface area contributed by atoms with E-state index >= 15 is 0 Å². The zero-order chi connectivity index (χ0) is 7.40. The summed E-state index contributed by atoms with van der Waals surface area (Å²) in [4.78, 5) is 2.16. The second kappa shape index (κ2) is 5.16. The summed E-state index contributed by atoms with van der Waals surface area (Å²) in [6.45, 7) is 1.03. The van der Waals surface area contributed by atoms with Crippen LogP contribution in [-0.2, 0) is 6.54 Å². The number of benzene rings is 1. The third-order valence-electron chi connectivity index (χ3n) is 1.34. The average molecular weight is 173 g/mol. The Morgan fingerprint density at radius 1 is 1.09 bits per heavy atom. The molecule has 0 radical (unpaired) electrons. The predicted molar refractivity (Wildman–Crippen MR) is 46.6 cm³/mol. The van der Waals surface area contributed by atoms with E-state index in [2.05, 4.69) is 43.3 Å². The summed E-state index contributed by atoms with van der Waals surface area (Å²) in [7, 11) is 4.15. The first-order valence-electron chi connectivity index (χ1n) is 3.47. The van der Waals surface area contributed by atoms with Gasteiger partial charge in [-0.3, -0.25) is 0 Å². The smallest absolute Gasteiger partial charge is 0.0903 e. The van der Waals surface area contributed by atoms with Gasteiger partial charge in [-0.15, -0.1) is 0 Å². The van der Waals surface area contributed by atoms with Crippen LogP contribution in [0.15, 0.2) is 30.3 Å². The molecule has 0 saturated carbocycles. The summed E-state index contributed by atoms with van der Waals surface area (Å²) in [6.07, 6.45) is 0. The van der Waals surface area contributed by atoms with Gasteiger partial charge in [0.2, 0.25) is 0 Å². The molecule has 0 aliphatic heterocycles. The Balaban J connectivity index is 0.000001000. The molecule has 0 heterocycles. The topological polar surface area (TPSA) is 3.24 Å². The molecular formula is C9H15ClN+. The number of hydrogen-bond donors (Lipinski definition) is 0. The molecule has 1 aromatic rings. The molecule has 0 aromatic heterocycles. The van der Waals surface area contributed by atoms with Crippen molar-refractivity contribution < 1.29 is 12.4 Å². The molecule has 0 aliphatic rings. The third-order valence-corrected chi connectivity index (χ3v) is 1.34. The number of halogens is 1. The Kier molecular flexibility index (Phi) is 4.92. The van der Waals surface area contributed by atoms with Crippen molar-refractivity contribution in [2.45, 2.75) is 6.54 Å². The predicted octanol–water partition coefficient (Wildman–Crippen LogP) is 1.21. The Hall–Kier alpha value is -0.530. The molecule has 0 atom stereocenters. The summed E-state index contributed by atoms with van der Waals surface area (Å²) in [5.41, 5.74) is 1.37. The lowest BCUT2D eigenvalue weighted by Gasteiger charge is -2.08. The molecule has 1 nitrogen and oxygen atoms in total. The zero-order valence-corrected chi connectivity index (χ0v) is 7.88. The van der Waals surface area contributed by atoms with Crippen LogP contribution in [0.3, 0.4) is 0 Å². The van der Waals surface area contributed by atoms with Crippen LogP contribution in [0.4, 0.5) is 0 Å². The highest BCUT2D eigenvalue weighted by molar-refractivity contribution is 5.14. The summed E-state index contributed by atoms with van der Waals surface area (Å²) in [5.74, 6) is 0. The highest BCUT2D eigenvalue weighted by atomic mass is 35.5. The molecule has 0 aliphatic carbocycles. The van der Waals surface area contributed by atoms with Crippen molar-refractivity contribution in [3.63, 3.8) is 0 Å². The molecule has 0 amide bonds. The van der Waals surface area contributed by atoms with E-state index in [0.717, 1.165) is 6.54 Å². The van der Waals surface area contributed by atoms with Gasteiger partial charge in [0.15, 0.2) is 0 Å². The fourth-order valence-electron chi connectivity index (χ4n) is 0.949. The second-order valence-electron chi connectivity index (χ2n) is 2.72. The molecular weight excluding hydrogens is 158 g/mol. The summed E-state index contributed by atoms with van der Waals surface area (Å²) in [5, 5.41) is 0. The lowest BCUT2D eigenvalue weighted by atomic mass is 10.2. The van der Waals surface area contributed by atoms with E-state index < -0.39 is 0 Å². The van der Waals surface area contributed by atoms with Crippen LogP contribution in [0.1, 0.15) is 5.56 Å². The lowest BCUT2D eigenvalue weighted by molar-refractivity contribution is -0.00000224. The normalized spacial score (nSPS) is 9.36. The molecule has 1 rings (SSSR count). The van der Waals surface area contributed by atoms with Gasteiger partial charge < -0.3 is 4.90 Å². The zero-order valence-electron chi connectivity index (χ0n) is 6.99. The minimum absolute atomic E-state index is 0. The van der Waals surface area contributed by atoms with Gasteiger partial charge in [-0.25, -0.2) is 0 Å². The van der Waals surface area contributed by atoms with Gasteiger partial charge in [0, 0.05) is 6.54 Å². The van der Waals surface area contributed by atoms with E-state index in [1.807, 2.05) is 6.07 Å². The molecule has 0 bridgehead atoms. The first-order valence-corrected chi connectivity index (χ1v) is 3.47. The van der Waals surface area contributed by atoms with Crippen LogP contribution in [0.2, 0.25) is 0 Å². The van der Waals surface area contributed by atoms with Crippen molar-refractivity contribution in [2.24, 2.45) is 0 Å². The SMILES string of the molecule is CN(C)Cc1ccccc1.[ClH2+]. The van der Waals surface area contributed by atoms with Gasteiger partial charge in [0.1, 0.15) is 0 Å². The first-order chi connectivity index (χ1) is 4.79. The maximum atomic E-state index is 2.16. The van der Waals surface area contributed by atoms with Crippen molar-refractivity contribution >= 4 is 0 Å². The van der Waals surface area contributed by atoms with Gasteiger partial charge in [0.25, 0.3) is 0 Å². The molecule has 0 fully saturated rings. The van der Waals surface area contributed by atoms with Crippen LogP contribution >= 0.6 is 0 Å². The Bertz CT molecular complexity index is 184. The molecule has 0 unspecified atom stereocenters. The van der Waals surface area contributed by atoms with Crippen molar-refractivity contribution in [3.05, 3.63) is 35.9 Å².